The number of phenols is 1. The van der Waals surface area contributed by atoms with Gasteiger partial charge in [0.05, 0.1) is 4.92 Å². The lowest BCUT2D eigenvalue weighted by atomic mass is 9.70. The summed E-state index contributed by atoms with van der Waals surface area (Å²) in [5, 5.41) is 32.3. The predicted octanol–water partition coefficient (Wildman–Crippen LogP) is 10.4. The van der Waals surface area contributed by atoms with Gasteiger partial charge in [-0.1, -0.05) is 121 Å². The molecule has 4 rings (SSSR count). The van der Waals surface area contributed by atoms with Crippen LogP contribution in [-0.4, -0.2) is 10.0 Å². The molecule has 212 valence electrons. The van der Waals surface area contributed by atoms with Gasteiger partial charge in [-0.15, -0.1) is 10.2 Å². The number of azo groups is 1. The van der Waals surface area contributed by atoms with E-state index in [1.54, 1.807) is 12.1 Å². The Balaban J connectivity index is 1.86. The van der Waals surface area contributed by atoms with Gasteiger partial charge >= 0.3 is 0 Å². The Hall–Kier alpha value is -4.32. The van der Waals surface area contributed by atoms with Crippen molar-refractivity contribution in [2.75, 3.05) is 0 Å². The number of nitrogens with zero attached hydrogens (tertiary/aromatic N) is 3. The lowest BCUT2D eigenvalue weighted by Crippen LogP contribution is -2.26. The number of hydrogen-bond acceptors (Lipinski definition) is 5. The summed E-state index contributed by atoms with van der Waals surface area (Å²) in [6.07, 6.45) is 0.902. The summed E-state index contributed by atoms with van der Waals surface area (Å²) < 4.78 is 0. The molecule has 0 spiro atoms. The van der Waals surface area contributed by atoms with E-state index in [2.05, 4.69) is 64.8 Å². The summed E-state index contributed by atoms with van der Waals surface area (Å²) in [6.45, 7) is 15.2. The van der Waals surface area contributed by atoms with E-state index in [1.807, 2.05) is 66.7 Å². The van der Waals surface area contributed by atoms with E-state index in [0.29, 0.717) is 0 Å². The molecule has 0 atom stereocenters. The zero-order chi connectivity index (χ0) is 30.0. The van der Waals surface area contributed by atoms with Crippen molar-refractivity contribution >= 4 is 17.1 Å². The quantitative estimate of drug-likeness (QED) is 0.135. The monoisotopic (exact) mass is 549 g/mol. The molecule has 0 amide bonds. The van der Waals surface area contributed by atoms with Crippen LogP contribution >= 0.6 is 0 Å². The summed E-state index contributed by atoms with van der Waals surface area (Å²) >= 11 is 0. The van der Waals surface area contributed by atoms with Crippen LogP contribution in [0.1, 0.15) is 71.6 Å². The minimum Gasteiger partial charge on any atom is -0.505 e. The predicted molar refractivity (Wildman–Crippen MR) is 166 cm³/mol. The molecule has 0 radical (unpaired) electrons. The fraction of sp³-hybridized carbons (Fsp3) is 0.314. The van der Waals surface area contributed by atoms with Gasteiger partial charge in [0.2, 0.25) is 0 Å². The number of nitro benzene ring substituents is 1. The molecule has 0 saturated heterocycles. The van der Waals surface area contributed by atoms with Crippen LogP contribution in [0.25, 0.3) is 11.1 Å². The first-order valence-electron chi connectivity index (χ1n) is 13.9. The van der Waals surface area contributed by atoms with E-state index in [4.69, 9.17) is 0 Å². The highest BCUT2D eigenvalue weighted by Gasteiger charge is 2.33. The highest BCUT2D eigenvalue weighted by Crippen LogP contribution is 2.47. The SMILES string of the molecule is CC(C)(C)CC(C)(C)c1cc(/N=N/c2ccc(-c3ccccc3)cc2[N+](=O)[O-])c(O)c(C(C)(C)c2ccccc2)c1. The minimum atomic E-state index is -0.535. The molecule has 0 aliphatic rings. The molecule has 4 aromatic rings. The standard InChI is InChI=1S/C35H39N3O3/c1-33(2,3)23-34(4,5)27-21-28(35(6,7)26-16-12-9-13-17-26)32(39)30(22-27)37-36-29-19-18-25(20-31(29)38(40)41)24-14-10-8-11-15-24/h8-22,39H,23H2,1-7H3/b37-36+. The van der Waals surface area contributed by atoms with Gasteiger partial charge in [-0.2, -0.15) is 0 Å². The minimum absolute atomic E-state index is 0.0153. The maximum absolute atomic E-state index is 12.0. The first-order chi connectivity index (χ1) is 19.2. The summed E-state index contributed by atoms with van der Waals surface area (Å²) in [5.41, 5.74) is 3.95. The van der Waals surface area contributed by atoms with Crippen molar-refractivity contribution in [3.8, 4) is 16.9 Å². The van der Waals surface area contributed by atoms with Crippen LogP contribution in [0, 0.1) is 15.5 Å². The van der Waals surface area contributed by atoms with Crippen LogP contribution in [0.3, 0.4) is 0 Å². The molecule has 0 bridgehead atoms. The average molecular weight is 550 g/mol. The third-order valence-electron chi connectivity index (χ3n) is 7.56. The van der Waals surface area contributed by atoms with Crippen molar-refractivity contribution in [3.05, 3.63) is 118 Å². The van der Waals surface area contributed by atoms with Crippen LogP contribution < -0.4 is 0 Å². The zero-order valence-electron chi connectivity index (χ0n) is 25.0. The molecular weight excluding hydrogens is 510 g/mol. The Bertz CT molecular complexity index is 1570. The van der Waals surface area contributed by atoms with Crippen molar-refractivity contribution in [1.82, 2.24) is 0 Å². The second kappa shape index (κ2) is 11.3. The molecule has 0 aliphatic heterocycles. The van der Waals surface area contributed by atoms with E-state index in [1.165, 1.54) is 6.07 Å². The average Bonchev–Trinajstić information content (AvgIpc) is 2.91. The molecule has 0 fully saturated rings. The van der Waals surface area contributed by atoms with Crippen molar-refractivity contribution in [2.45, 2.75) is 65.7 Å². The second-order valence-corrected chi connectivity index (χ2v) is 13.0. The van der Waals surface area contributed by atoms with Gasteiger partial charge < -0.3 is 5.11 Å². The van der Waals surface area contributed by atoms with Gasteiger partial charge in [-0.3, -0.25) is 10.1 Å². The molecule has 1 N–H and O–H groups in total. The molecule has 0 saturated carbocycles. The first kappa shape index (κ1) is 29.7. The number of hydrogen-bond donors (Lipinski definition) is 1. The molecule has 0 aliphatic carbocycles. The topological polar surface area (TPSA) is 88.1 Å². The summed E-state index contributed by atoms with van der Waals surface area (Å²) in [4.78, 5) is 11.5. The van der Waals surface area contributed by atoms with Gasteiger partial charge in [0.25, 0.3) is 5.69 Å². The van der Waals surface area contributed by atoms with Crippen LogP contribution in [0.2, 0.25) is 0 Å². The highest BCUT2D eigenvalue weighted by molar-refractivity contribution is 5.72. The van der Waals surface area contributed by atoms with Crippen molar-refractivity contribution in [1.29, 1.82) is 0 Å². The molecule has 41 heavy (non-hydrogen) atoms. The fourth-order valence-corrected chi connectivity index (χ4v) is 5.67. The van der Waals surface area contributed by atoms with Crippen LogP contribution in [-0.2, 0) is 10.8 Å². The largest absolute Gasteiger partial charge is 0.505 e. The lowest BCUT2D eigenvalue weighted by Gasteiger charge is -2.35. The summed E-state index contributed by atoms with van der Waals surface area (Å²) in [5.74, 6) is 0.0153. The number of rotatable bonds is 8. The molecule has 4 aromatic carbocycles. The Kier molecular flexibility index (Phi) is 8.16. The van der Waals surface area contributed by atoms with E-state index >= 15 is 0 Å². The van der Waals surface area contributed by atoms with Gasteiger partial charge in [0, 0.05) is 17.0 Å². The normalized spacial score (nSPS) is 12.6. The third kappa shape index (κ3) is 6.71. The van der Waals surface area contributed by atoms with Gasteiger partial charge in [0.1, 0.15) is 11.4 Å². The van der Waals surface area contributed by atoms with E-state index in [0.717, 1.165) is 34.2 Å². The van der Waals surface area contributed by atoms with Crippen molar-refractivity contribution in [2.24, 2.45) is 15.6 Å². The smallest absolute Gasteiger partial charge is 0.297 e. The molecule has 6 nitrogen and oxygen atoms in total. The Morgan fingerprint density at radius 2 is 1.29 bits per heavy atom. The number of nitro groups is 1. The Labute approximate surface area is 243 Å². The zero-order valence-corrected chi connectivity index (χ0v) is 25.0. The Morgan fingerprint density at radius 1 is 0.707 bits per heavy atom. The molecule has 0 unspecified atom stereocenters. The molecular formula is C35H39N3O3. The number of phenolic OH excluding ortho intramolecular Hbond substituents is 1. The lowest BCUT2D eigenvalue weighted by molar-refractivity contribution is -0.384. The molecule has 0 heterocycles. The first-order valence-corrected chi connectivity index (χ1v) is 13.9. The maximum atomic E-state index is 12.0. The Morgan fingerprint density at radius 3 is 1.88 bits per heavy atom. The van der Waals surface area contributed by atoms with E-state index < -0.39 is 10.3 Å². The van der Waals surface area contributed by atoms with Gasteiger partial charge in [-0.05, 0) is 51.6 Å². The van der Waals surface area contributed by atoms with E-state index in [-0.39, 0.29) is 33.6 Å². The second-order valence-electron chi connectivity index (χ2n) is 13.0. The van der Waals surface area contributed by atoms with Crippen LogP contribution in [0.5, 0.6) is 5.75 Å². The highest BCUT2D eigenvalue weighted by atomic mass is 16.6. The summed E-state index contributed by atoms with van der Waals surface area (Å²) in [7, 11) is 0. The number of aromatic hydroxyl groups is 1. The molecule has 0 aromatic heterocycles. The van der Waals surface area contributed by atoms with Crippen LogP contribution in [0.15, 0.2) is 101 Å². The third-order valence-corrected chi connectivity index (χ3v) is 7.56. The van der Waals surface area contributed by atoms with Gasteiger partial charge in [0.15, 0.2) is 5.69 Å². The fourth-order valence-electron chi connectivity index (χ4n) is 5.67. The number of benzene rings is 4. The van der Waals surface area contributed by atoms with Crippen molar-refractivity contribution < 1.29 is 10.0 Å². The van der Waals surface area contributed by atoms with E-state index in [9.17, 15) is 15.2 Å². The molecule has 6 heteroatoms. The van der Waals surface area contributed by atoms with Crippen molar-refractivity contribution in [3.63, 3.8) is 0 Å². The maximum Gasteiger partial charge on any atom is 0.297 e. The van der Waals surface area contributed by atoms with Crippen LogP contribution in [0.4, 0.5) is 17.1 Å². The van der Waals surface area contributed by atoms with Gasteiger partial charge in [-0.25, -0.2) is 0 Å². The summed E-state index contributed by atoms with van der Waals surface area (Å²) in [6, 6.07) is 28.4.